The van der Waals surface area contributed by atoms with Crippen molar-refractivity contribution in [3.8, 4) is 0 Å². The van der Waals surface area contributed by atoms with Crippen LogP contribution in [0.25, 0.3) is 0 Å². The minimum atomic E-state index is -2.12. The predicted molar refractivity (Wildman–Crippen MR) is 251 cm³/mol. The molecule has 0 bridgehead atoms. The number of fused-ring (bicyclic) bond motifs is 7. The van der Waals surface area contributed by atoms with E-state index in [0.29, 0.717) is 19.3 Å². The number of aliphatic hydroxyl groups excluding tert-OH is 10. The lowest BCUT2D eigenvalue weighted by Crippen LogP contribution is -2.67. The molecule has 9 rings (SSSR count). The molecule has 4 heterocycles. The Morgan fingerprint density at radius 2 is 1.29 bits per heavy atom. The third kappa shape index (κ3) is 9.01. The minimum Gasteiger partial charge on any atom is -0.481 e. The molecule has 0 amide bonds. The predicted octanol–water partition coefficient (Wildman–Crippen LogP) is -0.190. The van der Waals surface area contributed by atoms with Crippen LogP contribution < -0.4 is 0 Å². The fourth-order valence-electron chi connectivity index (χ4n) is 16.1. The van der Waals surface area contributed by atoms with Gasteiger partial charge in [-0.15, -0.1) is 0 Å². The number of rotatable bonds is 12. The van der Waals surface area contributed by atoms with E-state index in [-0.39, 0.29) is 39.4 Å². The first-order chi connectivity index (χ1) is 34.2. The normalized spacial score (nSPS) is 53.5. The molecule has 0 aromatic carbocycles. The van der Waals surface area contributed by atoms with Crippen LogP contribution in [0.1, 0.15) is 113 Å². The van der Waals surface area contributed by atoms with Crippen molar-refractivity contribution >= 4 is 5.97 Å². The zero-order chi connectivity index (χ0) is 53.2. The highest BCUT2D eigenvalue weighted by atomic mass is 16.8. The molecule has 21 heteroatoms. The third-order valence-corrected chi connectivity index (χ3v) is 20.8. The van der Waals surface area contributed by atoms with Gasteiger partial charge in [-0.2, -0.15) is 0 Å². The van der Waals surface area contributed by atoms with Crippen LogP contribution in [0.4, 0.5) is 0 Å². The van der Waals surface area contributed by atoms with Crippen molar-refractivity contribution in [3.63, 3.8) is 0 Å². The number of aliphatic carboxylic acids is 1. The fourth-order valence-corrected chi connectivity index (χ4v) is 16.1. The molecule has 8 fully saturated rings. The van der Waals surface area contributed by atoms with E-state index in [1.54, 1.807) is 0 Å². The van der Waals surface area contributed by atoms with Crippen molar-refractivity contribution in [1.82, 2.24) is 0 Å². The van der Waals surface area contributed by atoms with Crippen molar-refractivity contribution in [3.05, 3.63) is 11.6 Å². The first-order valence-electron chi connectivity index (χ1n) is 26.6. The van der Waals surface area contributed by atoms with Crippen LogP contribution in [-0.2, 0) is 42.7 Å². The van der Waals surface area contributed by atoms with Gasteiger partial charge in [-0.3, -0.25) is 4.79 Å². The molecule has 5 aliphatic carbocycles. The maximum Gasteiger partial charge on any atom is 0.310 e. The molecule has 0 aromatic rings. The number of hydrogen-bond acceptors (Lipinski definition) is 20. The van der Waals surface area contributed by atoms with Crippen LogP contribution in [0.5, 0.6) is 0 Å². The second kappa shape index (κ2) is 20.0. The number of allylic oxidation sites excluding steroid dienone is 2. The Hall–Kier alpha value is -1.55. The average molecular weight is 1050 g/mol. The number of aliphatic hydroxyl groups is 11. The molecule has 25 atom stereocenters. The Labute approximate surface area is 426 Å². The van der Waals surface area contributed by atoms with E-state index >= 15 is 0 Å². The van der Waals surface area contributed by atoms with Gasteiger partial charge in [-0.1, -0.05) is 60.1 Å². The molecule has 4 saturated carbocycles. The molecule has 21 nitrogen and oxygen atoms in total. The molecular weight excluding hydrogens is 961 g/mol. The molecule has 0 aromatic heterocycles. The molecule has 0 spiro atoms. The molecule has 12 N–H and O–H groups in total. The Bertz CT molecular complexity index is 2020. The molecule has 9 aliphatic rings. The van der Waals surface area contributed by atoms with E-state index in [1.807, 2.05) is 0 Å². The average Bonchev–Trinajstić information content (AvgIpc) is 3.62. The molecule has 73 heavy (non-hydrogen) atoms. The quantitative estimate of drug-likeness (QED) is 0.0890. The summed E-state index contributed by atoms with van der Waals surface area (Å²) in [6, 6.07) is 0. The highest BCUT2D eigenvalue weighted by molar-refractivity contribution is 5.76. The summed E-state index contributed by atoms with van der Waals surface area (Å²) in [6.45, 7) is 12.7. The molecule has 0 unspecified atom stereocenters. The van der Waals surface area contributed by atoms with Crippen LogP contribution >= 0.6 is 0 Å². The largest absolute Gasteiger partial charge is 0.481 e. The summed E-state index contributed by atoms with van der Waals surface area (Å²) in [5.41, 5.74) is -2.45. The van der Waals surface area contributed by atoms with E-state index in [1.165, 1.54) is 5.57 Å². The number of carboxylic acid groups (broad SMARTS) is 1. The summed E-state index contributed by atoms with van der Waals surface area (Å²) < 4.78 is 48.7. The summed E-state index contributed by atoms with van der Waals surface area (Å²) in [6.07, 6.45) is -17.2. The maximum atomic E-state index is 13.2. The number of carbonyl (C=O) groups is 1. The van der Waals surface area contributed by atoms with Gasteiger partial charge in [-0.25, -0.2) is 0 Å². The number of ether oxygens (including phenoxy) is 8. The number of hydrogen-bond donors (Lipinski definition) is 12. The van der Waals surface area contributed by atoms with E-state index < -0.39 is 160 Å². The van der Waals surface area contributed by atoms with Gasteiger partial charge < -0.3 is 99.2 Å². The minimum absolute atomic E-state index is 0.0161. The van der Waals surface area contributed by atoms with E-state index in [2.05, 4.69) is 54.5 Å². The summed E-state index contributed by atoms with van der Waals surface area (Å²) in [5.74, 6) is -0.267. The molecule has 4 saturated heterocycles. The van der Waals surface area contributed by atoms with Gasteiger partial charge in [0.15, 0.2) is 25.2 Å². The highest BCUT2D eigenvalue weighted by Gasteiger charge is 2.70. The summed E-state index contributed by atoms with van der Waals surface area (Å²) in [5, 5.41) is 129. The lowest BCUT2D eigenvalue weighted by Gasteiger charge is -2.71. The van der Waals surface area contributed by atoms with Gasteiger partial charge >= 0.3 is 5.97 Å². The molecule has 4 aliphatic heterocycles. The topological polar surface area (TPSA) is 334 Å². The lowest BCUT2D eigenvalue weighted by molar-refractivity contribution is -0.393. The van der Waals surface area contributed by atoms with Gasteiger partial charge in [0.25, 0.3) is 0 Å². The van der Waals surface area contributed by atoms with Gasteiger partial charge in [0, 0.05) is 0 Å². The SMILES string of the molecule is CC1(C)CC[C@]2(C(=O)O)CC[C@]3(C)C(=CC[C@@H]4[C@@]5(C)CC[C@H](O[C@@H]6OC[C@H](O)[C@H](O[C@@H]7O[C@H](CO)[C@H](O)[C@H](O[C@@H]8OC[C@](O)(CO)[C@H]8O)[C@H]7O)[C@H]6O[C@@H]6O[C@H](CO)[C@@H](O)[C@H](O)[C@H]6O)C(C)(C)[C@@H]5CC[C@]43C)[C@@H]2C1. The maximum absolute atomic E-state index is 13.2. The summed E-state index contributed by atoms with van der Waals surface area (Å²) in [4.78, 5) is 13.2. The molecular formula is C52H84O21. The van der Waals surface area contributed by atoms with Crippen LogP contribution in [0.2, 0.25) is 0 Å². The molecule has 0 radical (unpaired) electrons. The smallest absolute Gasteiger partial charge is 0.310 e. The summed E-state index contributed by atoms with van der Waals surface area (Å²) >= 11 is 0. The second-order valence-corrected chi connectivity index (χ2v) is 25.5. The first kappa shape index (κ1) is 56.2. The Kier molecular flexibility index (Phi) is 15.4. The number of carboxylic acids is 1. The highest BCUT2D eigenvalue weighted by Crippen LogP contribution is 2.76. The third-order valence-electron chi connectivity index (χ3n) is 20.8. The van der Waals surface area contributed by atoms with Crippen molar-refractivity contribution in [2.75, 3.05) is 33.0 Å². The van der Waals surface area contributed by atoms with E-state index in [9.17, 15) is 66.1 Å². The summed E-state index contributed by atoms with van der Waals surface area (Å²) in [7, 11) is 0. The fraction of sp³-hybridized carbons (Fsp3) is 0.942. The monoisotopic (exact) mass is 1040 g/mol. The van der Waals surface area contributed by atoms with Gasteiger partial charge in [0.05, 0.1) is 44.6 Å². The van der Waals surface area contributed by atoms with E-state index in [0.717, 1.165) is 44.9 Å². The Balaban J connectivity index is 0.987. The van der Waals surface area contributed by atoms with Crippen molar-refractivity contribution in [1.29, 1.82) is 0 Å². The van der Waals surface area contributed by atoms with Gasteiger partial charge in [0.1, 0.15) is 78.8 Å². The Morgan fingerprint density at radius 1 is 0.658 bits per heavy atom. The van der Waals surface area contributed by atoms with Gasteiger partial charge in [-0.05, 0) is 109 Å². The Morgan fingerprint density at radius 3 is 1.93 bits per heavy atom. The van der Waals surface area contributed by atoms with Crippen molar-refractivity contribution in [2.45, 2.75) is 223 Å². The van der Waals surface area contributed by atoms with E-state index in [4.69, 9.17) is 37.9 Å². The first-order valence-corrected chi connectivity index (χ1v) is 26.6. The molecule has 418 valence electrons. The van der Waals surface area contributed by atoms with Crippen molar-refractivity contribution < 1.29 is 104 Å². The second-order valence-electron chi connectivity index (χ2n) is 25.5. The zero-order valence-corrected chi connectivity index (χ0v) is 43.3. The van der Waals surface area contributed by atoms with Crippen LogP contribution in [0.3, 0.4) is 0 Å². The van der Waals surface area contributed by atoms with Crippen LogP contribution in [-0.4, -0.2) is 210 Å². The van der Waals surface area contributed by atoms with Crippen molar-refractivity contribution in [2.24, 2.45) is 50.2 Å². The van der Waals surface area contributed by atoms with Crippen LogP contribution in [0.15, 0.2) is 11.6 Å². The van der Waals surface area contributed by atoms with Gasteiger partial charge in [0.2, 0.25) is 0 Å². The lowest BCUT2D eigenvalue weighted by atomic mass is 9.33. The standard InChI is InChI=1S/C52H84O21/c1-46(2)14-16-51(45(63)64)17-15-49(6)24(25(51)18-46)8-9-30-48(5)12-11-31(47(3,4)29(48)10-13-50(30,49)7)70-43-39(73-41-35(60)34(59)32(57)27(19-53)68-41)37(26(56)21-66-43)71-42-36(61)38(33(58)28(20-54)69-42)72-44-40(62)52(65,22-55)23-67-44/h8,25-44,53-62,65H,9-23H2,1-7H3,(H,63,64)/t25-,26-,27+,28+,29-,30+,31-,32+,33-,34-,35+,36+,37-,38-,39+,40-,41-,42-,43-,44-,48-,49+,50+,51-,52+/m0/s1. The zero-order valence-electron chi connectivity index (χ0n) is 43.3. The van der Waals surface area contributed by atoms with Crippen LogP contribution in [0, 0.1) is 50.2 Å².